The number of ether oxygens (including phenoxy) is 1. The van der Waals surface area contributed by atoms with Gasteiger partial charge in [-0.3, -0.25) is 0 Å². The van der Waals surface area contributed by atoms with Crippen molar-refractivity contribution in [2.45, 2.75) is 51.0 Å². The van der Waals surface area contributed by atoms with Crippen molar-refractivity contribution in [2.24, 2.45) is 23.2 Å². The molecule has 4 bridgehead atoms. The average Bonchev–Trinajstić information content (AvgIpc) is 2.45. The molecule has 5 aliphatic rings. The maximum Gasteiger partial charge on any atom is 0.334 e. The van der Waals surface area contributed by atoms with Gasteiger partial charge in [-0.2, -0.15) is 0 Å². The van der Waals surface area contributed by atoms with Gasteiger partial charge in [0.05, 0.1) is 7.11 Å². The molecule has 1 heterocycles. The molecule has 0 aromatic heterocycles. The number of nitrogens with one attached hydrogen (secondary N) is 1. The molecule has 4 fully saturated rings. The Balaban J connectivity index is 1.52. The highest BCUT2D eigenvalue weighted by Crippen LogP contribution is 2.61. The van der Waals surface area contributed by atoms with Crippen LogP contribution >= 0.6 is 0 Å². The molecule has 3 nitrogen and oxygen atoms in total. The fourth-order valence-electron chi connectivity index (χ4n) is 6.01. The fraction of sp³-hybridized carbons (Fsp3) is 0.824. The first-order valence-corrected chi connectivity index (χ1v) is 8.19. The van der Waals surface area contributed by atoms with Crippen LogP contribution in [0.2, 0.25) is 0 Å². The van der Waals surface area contributed by atoms with Crippen molar-refractivity contribution < 1.29 is 9.53 Å². The van der Waals surface area contributed by atoms with Crippen molar-refractivity contribution in [3.05, 3.63) is 11.6 Å². The van der Waals surface area contributed by atoms with E-state index in [-0.39, 0.29) is 5.97 Å². The minimum atomic E-state index is -0.165. The van der Waals surface area contributed by atoms with E-state index in [1.165, 1.54) is 45.6 Å². The third kappa shape index (κ3) is 1.93. The summed E-state index contributed by atoms with van der Waals surface area (Å²) in [6, 6.07) is 0.587. The Hall–Kier alpha value is -0.830. The highest BCUT2D eigenvalue weighted by atomic mass is 16.5. The van der Waals surface area contributed by atoms with Crippen LogP contribution < -0.4 is 5.32 Å². The van der Waals surface area contributed by atoms with Crippen molar-refractivity contribution >= 4 is 5.97 Å². The molecule has 0 radical (unpaired) electrons. The van der Waals surface area contributed by atoms with Gasteiger partial charge in [0.25, 0.3) is 0 Å². The van der Waals surface area contributed by atoms with E-state index in [2.05, 4.69) is 11.4 Å². The van der Waals surface area contributed by atoms with Crippen molar-refractivity contribution in [2.75, 3.05) is 13.7 Å². The quantitative estimate of drug-likeness (QED) is 0.787. The molecule has 4 aliphatic carbocycles. The highest BCUT2D eigenvalue weighted by Gasteiger charge is 2.54. The van der Waals surface area contributed by atoms with Crippen LogP contribution in [0.3, 0.4) is 0 Å². The summed E-state index contributed by atoms with van der Waals surface area (Å²) < 4.78 is 4.83. The predicted octanol–water partition coefficient (Wildman–Crippen LogP) is 2.66. The molecule has 20 heavy (non-hydrogen) atoms. The second-order valence-electron chi connectivity index (χ2n) is 7.67. The van der Waals surface area contributed by atoms with Gasteiger partial charge in [0.15, 0.2) is 0 Å². The van der Waals surface area contributed by atoms with Crippen LogP contribution in [0.15, 0.2) is 11.6 Å². The normalized spacial score (nSPS) is 46.1. The van der Waals surface area contributed by atoms with Crippen LogP contribution in [0, 0.1) is 23.2 Å². The molecular formula is C17H25NO2. The summed E-state index contributed by atoms with van der Waals surface area (Å²) in [6.45, 7) is 0.694. The molecule has 5 rings (SSSR count). The van der Waals surface area contributed by atoms with Crippen molar-refractivity contribution in [3.63, 3.8) is 0 Å². The monoisotopic (exact) mass is 275 g/mol. The molecule has 1 atom stereocenters. The van der Waals surface area contributed by atoms with Crippen LogP contribution in [0.1, 0.15) is 44.9 Å². The van der Waals surface area contributed by atoms with Crippen LogP contribution in [-0.2, 0) is 9.53 Å². The number of hydrogen-bond acceptors (Lipinski definition) is 3. The van der Waals surface area contributed by atoms with Gasteiger partial charge in [-0.1, -0.05) is 6.08 Å². The molecule has 0 amide bonds. The van der Waals surface area contributed by atoms with Gasteiger partial charge < -0.3 is 10.1 Å². The van der Waals surface area contributed by atoms with Crippen LogP contribution in [0.4, 0.5) is 0 Å². The van der Waals surface area contributed by atoms with Crippen molar-refractivity contribution in [1.82, 2.24) is 5.32 Å². The molecule has 0 spiro atoms. The summed E-state index contributed by atoms with van der Waals surface area (Å²) in [4.78, 5) is 11.6. The number of rotatable bonds is 2. The zero-order valence-corrected chi connectivity index (χ0v) is 12.4. The maximum atomic E-state index is 11.6. The zero-order valence-electron chi connectivity index (χ0n) is 12.4. The Kier molecular flexibility index (Phi) is 2.95. The number of methoxy groups -OCH3 is 1. The Bertz CT molecular complexity index is 419. The third-order valence-electron chi connectivity index (χ3n) is 6.41. The number of hydrogen-bond donors (Lipinski definition) is 1. The molecule has 110 valence electrons. The average molecular weight is 275 g/mol. The Morgan fingerprint density at radius 3 is 2.25 bits per heavy atom. The van der Waals surface area contributed by atoms with Crippen molar-refractivity contribution in [3.8, 4) is 0 Å². The summed E-state index contributed by atoms with van der Waals surface area (Å²) in [5, 5.41) is 3.67. The number of esters is 1. The number of carbonyl (C=O) groups is 1. The topological polar surface area (TPSA) is 38.3 Å². The maximum absolute atomic E-state index is 11.6. The van der Waals surface area contributed by atoms with E-state index in [1.54, 1.807) is 0 Å². The standard InChI is InChI=1S/C17H25NO2/c1-20-16(19)14-2-3-15(18-10-14)17-7-11-4-12(8-17)6-13(5-11)9-17/h2,11-13,15,18H,3-10H2,1H3. The first kappa shape index (κ1) is 12.9. The molecule has 1 N–H and O–H groups in total. The fourth-order valence-corrected chi connectivity index (χ4v) is 6.01. The van der Waals surface area contributed by atoms with Crippen LogP contribution in [0.5, 0.6) is 0 Å². The molecule has 4 saturated carbocycles. The summed E-state index contributed by atoms with van der Waals surface area (Å²) in [7, 11) is 1.47. The summed E-state index contributed by atoms with van der Waals surface area (Å²) >= 11 is 0. The number of carbonyl (C=O) groups excluding carboxylic acids is 1. The molecule has 3 heteroatoms. The first-order valence-electron chi connectivity index (χ1n) is 8.19. The van der Waals surface area contributed by atoms with E-state index in [4.69, 9.17) is 4.74 Å². The van der Waals surface area contributed by atoms with Gasteiger partial charge in [-0.15, -0.1) is 0 Å². The lowest BCUT2D eigenvalue weighted by Crippen LogP contribution is -2.57. The van der Waals surface area contributed by atoms with E-state index in [1.807, 2.05) is 0 Å². The first-order chi connectivity index (χ1) is 9.68. The lowest BCUT2D eigenvalue weighted by molar-refractivity contribution is -0.136. The van der Waals surface area contributed by atoms with Gasteiger partial charge in [0.1, 0.15) is 0 Å². The predicted molar refractivity (Wildman–Crippen MR) is 77.1 cm³/mol. The zero-order chi connectivity index (χ0) is 13.7. The van der Waals surface area contributed by atoms with E-state index in [0.717, 1.165) is 29.7 Å². The van der Waals surface area contributed by atoms with Gasteiger partial charge in [0.2, 0.25) is 0 Å². The Morgan fingerprint density at radius 2 is 1.80 bits per heavy atom. The molecule has 0 aromatic carbocycles. The minimum absolute atomic E-state index is 0.165. The second-order valence-corrected chi connectivity index (χ2v) is 7.67. The lowest BCUT2D eigenvalue weighted by Gasteiger charge is -2.60. The van der Waals surface area contributed by atoms with E-state index < -0.39 is 0 Å². The Morgan fingerprint density at radius 1 is 1.20 bits per heavy atom. The minimum Gasteiger partial charge on any atom is -0.466 e. The van der Waals surface area contributed by atoms with E-state index >= 15 is 0 Å². The smallest absolute Gasteiger partial charge is 0.334 e. The lowest BCUT2D eigenvalue weighted by atomic mass is 9.47. The summed E-state index contributed by atoms with van der Waals surface area (Å²) in [5.41, 5.74) is 1.35. The Labute approximate surface area is 121 Å². The third-order valence-corrected chi connectivity index (χ3v) is 6.41. The van der Waals surface area contributed by atoms with Gasteiger partial charge >= 0.3 is 5.97 Å². The van der Waals surface area contributed by atoms with E-state index in [9.17, 15) is 4.79 Å². The SMILES string of the molecule is COC(=O)C1=CCC(C23CC4CC(CC(C4)C2)C3)NC1. The molecule has 1 aliphatic heterocycles. The molecule has 1 unspecified atom stereocenters. The van der Waals surface area contributed by atoms with Crippen molar-refractivity contribution in [1.29, 1.82) is 0 Å². The van der Waals surface area contributed by atoms with Crippen LogP contribution in [-0.4, -0.2) is 25.7 Å². The largest absolute Gasteiger partial charge is 0.466 e. The summed E-state index contributed by atoms with van der Waals surface area (Å²) in [5.74, 6) is 2.82. The van der Waals surface area contributed by atoms with E-state index in [0.29, 0.717) is 18.0 Å². The highest BCUT2D eigenvalue weighted by molar-refractivity contribution is 5.89. The second kappa shape index (κ2) is 4.59. The molecule has 0 saturated heterocycles. The van der Waals surface area contributed by atoms with Gasteiger partial charge in [-0.25, -0.2) is 4.79 Å². The van der Waals surface area contributed by atoms with Gasteiger partial charge in [0, 0.05) is 18.2 Å². The van der Waals surface area contributed by atoms with Gasteiger partial charge in [-0.05, 0) is 68.1 Å². The molecule has 0 aromatic rings. The molecular weight excluding hydrogens is 250 g/mol. The summed E-state index contributed by atoms with van der Waals surface area (Å²) in [6.07, 6.45) is 11.9. The van der Waals surface area contributed by atoms with Crippen LogP contribution in [0.25, 0.3) is 0 Å².